The molecule has 17 heavy (non-hydrogen) atoms. The first-order chi connectivity index (χ1) is 7.97. The molecule has 2 bridgehead atoms. The topological polar surface area (TPSA) is 23.6 Å². The molecule has 2 aliphatic heterocycles. The zero-order valence-corrected chi connectivity index (χ0v) is 10.0. The molecule has 0 aromatic heterocycles. The second-order valence-electron chi connectivity index (χ2n) is 5.77. The molecular formula is C12H18F2N2O. The quantitative estimate of drug-likeness (QED) is 0.732. The van der Waals surface area contributed by atoms with Gasteiger partial charge in [-0.05, 0) is 19.9 Å². The largest absolute Gasteiger partial charge is 0.334 e. The van der Waals surface area contributed by atoms with Crippen LogP contribution in [0.3, 0.4) is 0 Å². The van der Waals surface area contributed by atoms with E-state index >= 15 is 0 Å². The maximum atomic E-state index is 12.8. The van der Waals surface area contributed by atoms with Gasteiger partial charge < -0.3 is 9.80 Å². The molecule has 96 valence electrons. The van der Waals surface area contributed by atoms with Crippen LogP contribution >= 0.6 is 0 Å². The Labute approximate surface area is 99.7 Å². The molecule has 0 spiro atoms. The number of hydrogen-bond donors (Lipinski definition) is 0. The van der Waals surface area contributed by atoms with E-state index in [2.05, 4.69) is 11.9 Å². The fourth-order valence-electron chi connectivity index (χ4n) is 3.33. The van der Waals surface area contributed by atoms with Crippen LogP contribution in [0.15, 0.2) is 0 Å². The summed E-state index contributed by atoms with van der Waals surface area (Å²) in [7, 11) is 2.06. The van der Waals surface area contributed by atoms with Gasteiger partial charge in [0.1, 0.15) is 0 Å². The third-order valence-corrected chi connectivity index (χ3v) is 4.33. The molecule has 3 rings (SSSR count). The number of carbonyl (C=O) groups is 1. The second-order valence-corrected chi connectivity index (χ2v) is 5.77. The van der Waals surface area contributed by atoms with Gasteiger partial charge in [-0.1, -0.05) is 0 Å². The first kappa shape index (κ1) is 11.4. The normalized spacial score (nSPS) is 39.5. The van der Waals surface area contributed by atoms with E-state index in [0.717, 1.165) is 25.9 Å². The van der Waals surface area contributed by atoms with Gasteiger partial charge in [-0.2, -0.15) is 0 Å². The molecule has 1 saturated carbocycles. The van der Waals surface area contributed by atoms with Crippen molar-refractivity contribution in [3.05, 3.63) is 0 Å². The molecule has 0 radical (unpaired) electrons. The van der Waals surface area contributed by atoms with Crippen LogP contribution in [0.4, 0.5) is 8.78 Å². The number of carbonyl (C=O) groups excluding carboxylic acids is 1. The minimum absolute atomic E-state index is 0.0454. The Balaban J connectivity index is 1.63. The summed E-state index contributed by atoms with van der Waals surface area (Å²) in [5, 5.41) is 0. The standard InChI is InChI=1S/C12H18F2N2O/c1-15-6-9-2-3-10(7-15)16(9)11(17)4-8-5-12(8,13)14/h8-10H,2-7H2,1H3. The van der Waals surface area contributed by atoms with Crippen LogP contribution in [0, 0.1) is 5.92 Å². The summed E-state index contributed by atoms with van der Waals surface area (Å²) in [6, 6.07) is 0.525. The minimum atomic E-state index is -2.57. The van der Waals surface area contributed by atoms with Gasteiger partial charge in [-0.3, -0.25) is 4.79 Å². The number of rotatable bonds is 2. The summed E-state index contributed by atoms with van der Waals surface area (Å²) in [5.74, 6) is -3.30. The number of nitrogens with zero attached hydrogens (tertiary/aromatic N) is 2. The van der Waals surface area contributed by atoms with Crippen LogP contribution in [0.1, 0.15) is 25.7 Å². The summed E-state index contributed by atoms with van der Waals surface area (Å²) in [5.41, 5.74) is 0. The van der Waals surface area contributed by atoms with Crippen molar-refractivity contribution in [3.8, 4) is 0 Å². The lowest BCUT2D eigenvalue weighted by Gasteiger charge is -2.39. The molecule has 1 aliphatic carbocycles. The lowest BCUT2D eigenvalue weighted by Crippen LogP contribution is -2.54. The van der Waals surface area contributed by atoms with Crippen molar-refractivity contribution < 1.29 is 13.6 Å². The average Bonchev–Trinajstić information content (AvgIpc) is 2.70. The van der Waals surface area contributed by atoms with Gasteiger partial charge in [0, 0.05) is 43.9 Å². The lowest BCUT2D eigenvalue weighted by atomic mass is 10.1. The number of likely N-dealkylation sites (N-methyl/N-ethyl adjacent to an activating group) is 1. The van der Waals surface area contributed by atoms with Crippen LogP contribution in [0.2, 0.25) is 0 Å². The van der Waals surface area contributed by atoms with Gasteiger partial charge in [-0.15, -0.1) is 0 Å². The van der Waals surface area contributed by atoms with E-state index in [1.807, 2.05) is 4.90 Å². The highest BCUT2D eigenvalue weighted by Crippen LogP contribution is 2.51. The van der Waals surface area contributed by atoms with Gasteiger partial charge >= 0.3 is 0 Å². The molecule has 3 aliphatic rings. The van der Waals surface area contributed by atoms with Gasteiger partial charge in [0.05, 0.1) is 0 Å². The average molecular weight is 244 g/mol. The maximum absolute atomic E-state index is 12.8. The van der Waals surface area contributed by atoms with E-state index in [4.69, 9.17) is 0 Å². The fraction of sp³-hybridized carbons (Fsp3) is 0.917. The summed E-state index contributed by atoms with van der Waals surface area (Å²) in [6.07, 6.45) is 2.01. The molecule has 3 nitrogen and oxygen atoms in total. The highest BCUT2D eigenvalue weighted by Gasteiger charge is 2.58. The Morgan fingerprint density at radius 1 is 1.29 bits per heavy atom. The van der Waals surface area contributed by atoms with Crippen molar-refractivity contribution in [2.24, 2.45) is 5.92 Å². The van der Waals surface area contributed by atoms with Gasteiger partial charge in [0.15, 0.2) is 0 Å². The Bertz CT molecular complexity index is 333. The van der Waals surface area contributed by atoms with E-state index in [9.17, 15) is 13.6 Å². The smallest absolute Gasteiger partial charge is 0.252 e. The van der Waals surface area contributed by atoms with Crippen molar-refractivity contribution in [1.82, 2.24) is 9.80 Å². The highest BCUT2D eigenvalue weighted by molar-refractivity contribution is 5.78. The third-order valence-electron chi connectivity index (χ3n) is 4.33. The second kappa shape index (κ2) is 3.64. The molecule has 3 fully saturated rings. The van der Waals surface area contributed by atoms with Crippen molar-refractivity contribution in [3.63, 3.8) is 0 Å². The van der Waals surface area contributed by atoms with Crippen molar-refractivity contribution in [2.75, 3.05) is 20.1 Å². The molecule has 3 atom stereocenters. The zero-order valence-electron chi connectivity index (χ0n) is 10.0. The number of halogens is 2. The Hall–Kier alpha value is -0.710. The van der Waals surface area contributed by atoms with E-state index in [0.29, 0.717) is 0 Å². The van der Waals surface area contributed by atoms with E-state index in [-0.39, 0.29) is 30.8 Å². The van der Waals surface area contributed by atoms with E-state index in [1.54, 1.807) is 0 Å². The third kappa shape index (κ3) is 1.94. The number of hydrogen-bond acceptors (Lipinski definition) is 2. The number of amides is 1. The van der Waals surface area contributed by atoms with Crippen LogP contribution in [-0.4, -0.2) is 53.9 Å². The van der Waals surface area contributed by atoms with Crippen LogP contribution in [0.25, 0.3) is 0 Å². The number of fused-ring (bicyclic) bond motifs is 2. The first-order valence-electron chi connectivity index (χ1n) is 6.35. The number of alkyl halides is 2. The summed E-state index contributed by atoms with van der Waals surface area (Å²) >= 11 is 0. The number of piperazine rings is 1. The molecule has 0 aromatic carbocycles. The van der Waals surface area contributed by atoms with Crippen molar-refractivity contribution >= 4 is 5.91 Å². The first-order valence-corrected chi connectivity index (χ1v) is 6.35. The van der Waals surface area contributed by atoms with Gasteiger partial charge in [0.2, 0.25) is 5.91 Å². The minimum Gasteiger partial charge on any atom is -0.334 e. The summed E-state index contributed by atoms with van der Waals surface area (Å²) in [4.78, 5) is 16.2. The molecule has 3 unspecified atom stereocenters. The zero-order chi connectivity index (χ0) is 12.2. The van der Waals surface area contributed by atoms with Gasteiger partial charge in [-0.25, -0.2) is 8.78 Å². The van der Waals surface area contributed by atoms with Crippen LogP contribution < -0.4 is 0 Å². The fourth-order valence-corrected chi connectivity index (χ4v) is 3.33. The van der Waals surface area contributed by atoms with Crippen molar-refractivity contribution in [1.29, 1.82) is 0 Å². The number of likely N-dealkylation sites (tertiary alicyclic amines) is 1. The van der Waals surface area contributed by atoms with Crippen LogP contribution in [0.5, 0.6) is 0 Å². The Morgan fingerprint density at radius 3 is 2.29 bits per heavy atom. The predicted molar refractivity (Wildman–Crippen MR) is 58.8 cm³/mol. The molecule has 2 saturated heterocycles. The van der Waals surface area contributed by atoms with Crippen LogP contribution in [-0.2, 0) is 4.79 Å². The van der Waals surface area contributed by atoms with E-state index in [1.165, 1.54) is 0 Å². The summed E-state index contributed by atoms with van der Waals surface area (Å²) in [6.45, 7) is 1.78. The maximum Gasteiger partial charge on any atom is 0.252 e. The highest BCUT2D eigenvalue weighted by atomic mass is 19.3. The molecule has 5 heteroatoms. The molecule has 1 amide bonds. The molecule has 2 heterocycles. The summed E-state index contributed by atoms with van der Waals surface area (Å²) < 4.78 is 25.6. The predicted octanol–water partition coefficient (Wildman–Crippen LogP) is 1.34. The SMILES string of the molecule is CN1CC2CCC(C1)N2C(=O)CC1CC1(F)F. The molecule has 0 N–H and O–H groups in total. The Kier molecular flexibility index (Phi) is 2.44. The van der Waals surface area contributed by atoms with E-state index < -0.39 is 11.8 Å². The van der Waals surface area contributed by atoms with Crippen molar-refractivity contribution in [2.45, 2.75) is 43.7 Å². The molecule has 0 aromatic rings. The van der Waals surface area contributed by atoms with Gasteiger partial charge in [0.25, 0.3) is 5.92 Å². The Morgan fingerprint density at radius 2 is 1.82 bits per heavy atom. The monoisotopic (exact) mass is 244 g/mol. The lowest BCUT2D eigenvalue weighted by molar-refractivity contribution is -0.137. The molecular weight excluding hydrogens is 226 g/mol.